The Hall–Kier alpha value is -2.51. The first-order valence-corrected chi connectivity index (χ1v) is 10.3. The number of benzene rings is 2. The summed E-state index contributed by atoms with van der Waals surface area (Å²) in [7, 11) is -2.35. The quantitative estimate of drug-likeness (QED) is 0.536. The Morgan fingerprint density at radius 3 is 2.56 bits per heavy atom. The van der Waals surface area contributed by atoms with Crippen LogP contribution in [0.2, 0.25) is 0 Å². The highest BCUT2D eigenvalue weighted by atomic mass is 32.2. The van der Waals surface area contributed by atoms with Crippen molar-refractivity contribution < 1.29 is 17.9 Å². The summed E-state index contributed by atoms with van der Waals surface area (Å²) in [6.07, 6.45) is 1.71. The van der Waals surface area contributed by atoms with Crippen molar-refractivity contribution in [2.24, 2.45) is 10.7 Å². The number of carbonyl (C=O) groups is 1. The summed E-state index contributed by atoms with van der Waals surface area (Å²) in [5.41, 5.74) is 7.33. The molecule has 0 atom stereocenters. The zero-order chi connectivity index (χ0) is 19.6. The van der Waals surface area contributed by atoms with Crippen LogP contribution in [-0.4, -0.2) is 40.3 Å². The Labute approximate surface area is 159 Å². The normalized spacial score (nSPS) is 15.2. The van der Waals surface area contributed by atoms with Crippen molar-refractivity contribution >= 4 is 21.5 Å². The third-order valence-corrected chi connectivity index (χ3v) is 6.31. The number of ketones is 1. The van der Waals surface area contributed by atoms with Crippen LogP contribution in [0, 0.1) is 0 Å². The topological polar surface area (TPSA) is 98.8 Å². The number of rotatable bonds is 5. The van der Waals surface area contributed by atoms with Crippen LogP contribution < -0.4 is 5.73 Å². The third kappa shape index (κ3) is 3.40. The van der Waals surface area contributed by atoms with E-state index in [9.17, 15) is 13.2 Å². The number of nitrogens with zero attached hydrogens (tertiary/aromatic N) is 1. The Balaban J connectivity index is 2.15. The summed E-state index contributed by atoms with van der Waals surface area (Å²) in [6.45, 7) is 2.74. The van der Waals surface area contributed by atoms with Gasteiger partial charge in [-0.15, -0.1) is 0 Å². The molecule has 0 aromatic heterocycles. The van der Waals surface area contributed by atoms with E-state index in [4.69, 9.17) is 10.5 Å². The summed E-state index contributed by atoms with van der Waals surface area (Å²) in [6, 6.07) is 9.61. The molecule has 142 valence electrons. The van der Waals surface area contributed by atoms with E-state index in [2.05, 4.69) is 4.99 Å². The molecule has 0 saturated heterocycles. The number of nitrogens with two attached hydrogens (primary N) is 1. The molecule has 0 spiro atoms. The molecule has 2 aromatic rings. The summed E-state index contributed by atoms with van der Waals surface area (Å²) in [5, 5.41) is 0. The number of ether oxygens (including phenoxy) is 1. The van der Waals surface area contributed by atoms with Crippen LogP contribution in [0.15, 0.2) is 51.2 Å². The average Bonchev–Trinajstić information content (AvgIpc) is 2.67. The summed E-state index contributed by atoms with van der Waals surface area (Å²) in [4.78, 5) is 17.2. The molecule has 0 radical (unpaired) electrons. The summed E-state index contributed by atoms with van der Waals surface area (Å²) >= 11 is 0. The lowest BCUT2D eigenvalue weighted by Gasteiger charge is -2.20. The van der Waals surface area contributed by atoms with E-state index in [1.807, 2.05) is 6.92 Å². The van der Waals surface area contributed by atoms with Crippen LogP contribution in [-0.2, 0) is 21.0 Å². The Bertz CT molecular complexity index is 1030. The van der Waals surface area contributed by atoms with Gasteiger partial charge in [0.1, 0.15) is 0 Å². The van der Waals surface area contributed by atoms with Gasteiger partial charge in [-0.1, -0.05) is 19.4 Å². The SMILES string of the molecule is CCCc1ccc2c(c1)C(=O)c1ccc(C(=NCCN)OC)cc1S2(=O)=O. The van der Waals surface area contributed by atoms with Crippen LogP contribution >= 0.6 is 0 Å². The fraction of sp³-hybridized carbons (Fsp3) is 0.300. The minimum Gasteiger partial charge on any atom is -0.481 e. The molecular formula is C20H22N2O4S. The highest BCUT2D eigenvalue weighted by Crippen LogP contribution is 2.35. The molecule has 27 heavy (non-hydrogen) atoms. The fourth-order valence-corrected chi connectivity index (χ4v) is 4.86. The molecule has 0 aliphatic carbocycles. The van der Waals surface area contributed by atoms with Gasteiger partial charge in [-0.3, -0.25) is 4.79 Å². The van der Waals surface area contributed by atoms with Gasteiger partial charge in [0.25, 0.3) is 0 Å². The van der Waals surface area contributed by atoms with Gasteiger partial charge in [-0.25, -0.2) is 13.4 Å². The molecule has 0 saturated carbocycles. The molecular weight excluding hydrogens is 364 g/mol. The molecule has 2 aromatic carbocycles. The lowest BCUT2D eigenvalue weighted by molar-refractivity contribution is 0.103. The predicted molar refractivity (Wildman–Crippen MR) is 103 cm³/mol. The number of aliphatic imine (C=N–C) groups is 1. The molecule has 1 aliphatic heterocycles. The molecule has 0 amide bonds. The van der Waals surface area contributed by atoms with Gasteiger partial charge in [0.05, 0.1) is 23.4 Å². The van der Waals surface area contributed by atoms with Crippen LogP contribution in [0.1, 0.15) is 40.4 Å². The van der Waals surface area contributed by atoms with Gasteiger partial charge in [0, 0.05) is 23.2 Å². The molecule has 0 bridgehead atoms. The fourth-order valence-electron chi connectivity index (χ4n) is 3.20. The predicted octanol–water partition coefficient (Wildman–Crippen LogP) is 2.37. The highest BCUT2D eigenvalue weighted by Gasteiger charge is 2.35. The van der Waals surface area contributed by atoms with E-state index in [1.165, 1.54) is 25.3 Å². The number of hydrogen-bond acceptors (Lipinski definition) is 6. The standard InChI is InChI=1S/C20H22N2O4S/c1-3-4-13-5-8-17-16(11-13)19(23)15-7-6-14(12-18(15)27(17,24)25)20(26-2)22-10-9-21/h5-8,11-12H,3-4,9-10,21H2,1-2H3. The van der Waals surface area contributed by atoms with Crippen molar-refractivity contribution in [1.82, 2.24) is 0 Å². The number of sulfone groups is 1. The number of carbonyl (C=O) groups excluding carboxylic acids is 1. The van der Waals surface area contributed by atoms with E-state index < -0.39 is 9.84 Å². The zero-order valence-corrected chi connectivity index (χ0v) is 16.2. The third-order valence-electron chi connectivity index (χ3n) is 4.46. The summed E-state index contributed by atoms with van der Waals surface area (Å²) < 4.78 is 31.5. The van der Waals surface area contributed by atoms with E-state index >= 15 is 0 Å². The monoisotopic (exact) mass is 386 g/mol. The molecule has 1 heterocycles. The number of methoxy groups -OCH3 is 1. The maximum Gasteiger partial charge on any atom is 0.215 e. The van der Waals surface area contributed by atoms with Gasteiger partial charge in [0.15, 0.2) is 5.78 Å². The van der Waals surface area contributed by atoms with E-state index in [-0.39, 0.29) is 32.6 Å². The Kier molecular flexibility index (Phi) is 5.43. The van der Waals surface area contributed by atoms with Gasteiger partial charge in [0.2, 0.25) is 15.7 Å². The minimum absolute atomic E-state index is 0.0155. The average molecular weight is 386 g/mol. The lowest BCUT2D eigenvalue weighted by Crippen LogP contribution is -2.21. The second-order valence-electron chi connectivity index (χ2n) is 6.30. The maximum absolute atomic E-state index is 13.1. The van der Waals surface area contributed by atoms with Crippen molar-refractivity contribution in [1.29, 1.82) is 0 Å². The smallest absolute Gasteiger partial charge is 0.215 e. The first kappa shape index (κ1) is 19.3. The van der Waals surface area contributed by atoms with Crippen LogP contribution in [0.25, 0.3) is 0 Å². The largest absolute Gasteiger partial charge is 0.481 e. The van der Waals surface area contributed by atoms with Crippen LogP contribution in [0.5, 0.6) is 0 Å². The molecule has 0 unspecified atom stereocenters. The van der Waals surface area contributed by atoms with Gasteiger partial charge in [-0.2, -0.15) is 0 Å². The first-order valence-electron chi connectivity index (χ1n) is 8.79. The Morgan fingerprint density at radius 2 is 1.89 bits per heavy atom. The van der Waals surface area contributed by atoms with Crippen molar-refractivity contribution in [3.8, 4) is 0 Å². The van der Waals surface area contributed by atoms with E-state index in [1.54, 1.807) is 18.2 Å². The first-order chi connectivity index (χ1) is 12.9. The molecule has 6 nitrogen and oxygen atoms in total. The molecule has 2 N–H and O–H groups in total. The zero-order valence-electron chi connectivity index (χ0n) is 15.4. The van der Waals surface area contributed by atoms with Crippen molar-refractivity contribution in [3.63, 3.8) is 0 Å². The van der Waals surface area contributed by atoms with E-state index in [0.29, 0.717) is 18.7 Å². The second kappa shape index (κ2) is 7.62. The van der Waals surface area contributed by atoms with E-state index in [0.717, 1.165) is 18.4 Å². The minimum atomic E-state index is -3.81. The van der Waals surface area contributed by atoms with Crippen molar-refractivity contribution in [2.75, 3.05) is 20.2 Å². The van der Waals surface area contributed by atoms with Crippen molar-refractivity contribution in [2.45, 2.75) is 29.6 Å². The molecule has 1 aliphatic rings. The highest BCUT2D eigenvalue weighted by molar-refractivity contribution is 7.91. The second-order valence-corrected chi connectivity index (χ2v) is 8.19. The Morgan fingerprint density at radius 1 is 1.11 bits per heavy atom. The van der Waals surface area contributed by atoms with Gasteiger partial charge in [-0.05, 0) is 42.3 Å². The van der Waals surface area contributed by atoms with Gasteiger partial charge >= 0.3 is 0 Å². The van der Waals surface area contributed by atoms with Crippen molar-refractivity contribution in [3.05, 3.63) is 58.7 Å². The lowest BCUT2D eigenvalue weighted by atomic mass is 9.98. The summed E-state index contributed by atoms with van der Waals surface area (Å²) in [5.74, 6) is 0.00665. The molecule has 3 rings (SSSR count). The van der Waals surface area contributed by atoms with Crippen LogP contribution in [0.3, 0.4) is 0 Å². The number of fused-ring (bicyclic) bond motifs is 2. The molecule has 0 fully saturated rings. The number of hydrogen-bond donors (Lipinski definition) is 1. The number of aryl methyl sites for hydroxylation is 1. The van der Waals surface area contributed by atoms with Crippen LogP contribution in [0.4, 0.5) is 0 Å². The maximum atomic E-state index is 13.1. The molecule has 7 heteroatoms. The van der Waals surface area contributed by atoms with Gasteiger partial charge < -0.3 is 10.5 Å².